The van der Waals surface area contributed by atoms with Crippen LogP contribution in [0.1, 0.15) is 27.6 Å². The summed E-state index contributed by atoms with van der Waals surface area (Å²) in [5.41, 5.74) is 7.10. The highest BCUT2D eigenvalue weighted by Crippen LogP contribution is 2.13. The van der Waals surface area contributed by atoms with Crippen LogP contribution >= 0.6 is 15.9 Å². The summed E-state index contributed by atoms with van der Waals surface area (Å²) in [5, 5.41) is 8.02. The molecular formula is C16H14BrN5O2. The quantitative estimate of drug-likeness (QED) is 0.674. The van der Waals surface area contributed by atoms with Crippen molar-refractivity contribution in [2.75, 3.05) is 0 Å². The standard InChI is InChI=1S/C16H14BrN5O2/c1-2-22-14-8-5-11(9-13(14)18-21-22)16(24)20-19-15(23)10-3-6-12(17)7-4-10/h3-9H,2H2,1H3,(H,19,23)(H,20,24). The largest absolute Gasteiger partial charge is 0.269 e. The first-order valence-corrected chi connectivity index (χ1v) is 8.07. The third-order valence-corrected chi connectivity index (χ3v) is 4.00. The van der Waals surface area contributed by atoms with E-state index in [2.05, 4.69) is 37.1 Å². The lowest BCUT2D eigenvalue weighted by atomic mass is 10.2. The molecule has 0 bridgehead atoms. The Balaban J connectivity index is 1.68. The molecule has 0 aliphatic carbocycles. The van der Waals surface area contributed by atoms with Gasteiger partial charge in [0.05, 0.1) is 5.52 Å². The molecule has 0 fully saturated rings. The summed E-state index contributed by atoms with van der Waals surface area (Å²) < 4.78 is 2.61. The highest BCUT2D eigenvalue weighted by molar-refractivity contribution is 9.10. The highest BCUT2D eigenvalue weighted by Gasteiger charge is 2.11. The van der Waals surface area contributed by atoms with Crippen molar-refractivity contribution in [3.05, 3.63) is 58.1 Å². The van der Waals surface area contributed by atoms with E-state index in [0.29, 0.717) is 23.2 Å². The average molecular weight is 388 g/mol. The third kappa shape index (κ3) is 3.28. The summed E-state index contributed by atoms with van der Waals surface area (Å²) in [6, 6.07) is 11.9. The number of hydrogen-bond acceptors (Lipinski definition) is 4. The number of fused-ring (bicyclic) bond motifs is 1. The maximum Gasteiger partial charge on any atom is 0.269 e. The topological polar surface area (TPSA) is 88.9 Å². The molecule has 0 spiro atoms. The average Bonchev–Trinajstić information content (AvgIpc) is 3.02. The van der Waals surface area contributed by atoms with Crippen molar-refractivity contribution in [1.82, 2.24) is 25.8 Å². The highest BCUT2D eigenvalue weighted by atomic mass is 79.9. The van der Waals surface area contributed by atoms with Gasteiger partial charge in [0, 0.05) is 22.1 Å². The van der Waals surface area contributed by atoms with E-state index in [1.807, 2.05) is 6.92 Å². The van der Waals surface area contributed by atoms with Crippen LogP contribution in [0, 0.1) is 0 Å². The van der Waals surface area contributed by atoms with Gasteiger partial charge in [-0.1, -0.05) is 21.1 Å². The monoisotopic (exact) mass is 387 g/mol. The molecule has 8 heteroatoms. The number of aryl methyl sites for hydroxylation is 1. The number of aromatic nitrogens is 3. The lowest BCUT2D eigenvalue weighted by Gasteiger charge is -2.07. The summed E-state index contributed by atoms with van der Waals surface area (Å²) in [7, 11) is 0. The fraction of sp³-hybridized carbons (Fsp3) is 0.125. The molecule has 1 aromatic heterocycles. The predicted molar refractivity (Wildman–Crippen MR) is 92.3 cm³/mol. The number of hydrazine groups is 1. The first-order chi connectivity index (χ1) is 11.6. The zero-order chi connectivity index (χ0) is 17.1. The van der Waals surface area contributed by atoms with Crippen LogP contribution in [0.2, 0.25) is 0 Å². The summed E-state index contributed by atoms with van der Waals surface area (Å²) >= 11 is 3.30. The minimum absolute atomic E-state index is 0.391. The molecule has 24 heavy (non-hydrogen) atoms. The number of halogens is 1. The van der Waals surface area contributed by atoms with Crippen LogP contribution < -0.4 is 10.9 Å². The Bertz CT molecular complexity index is 904. The number of nitrogens with zero attached hydrogens (tertiary/aromatic N) is 3. The molecule has 0 aliphatic rings. The Labute approximate surface area is 146 Å². The van der Waals surface area contributed by atoms with E-state index in [1.165, 1.54) is 0 Å². The third-order valence-electron chi connectivity index (χ3n) is 3.47. The Morgan fingerprint density at radius 1 is 1.04 bits per heavy atom. The van der Waals surface area contributed by atoms with Gasteiger partial charge in [-0.15, -0.1) is 5.10 Å². The van der Waals surface area contributed by atoms with Gasteiger partial charge in [0.1, 0.15) is 5.52 Å². The molecule has 0 atom stereocenters. The molecule has 2 amide bonds. The second-order valence-corrected chi connectivity index (χ2v) is 5.94. The van der Waals surface area contributed by atoms with Gasteiger partial charge in [-0.2, -0.15) is 0 Å². The van der Waals surface area contributed by atoms with Gasteiger partial charge < -0.3 is 0 Å². The summed E-state index contributed by atoms with van der Waals surface area (Å²) in [5.74, 6) is -0.817. The van der Waals surface area contributed by atoms with Crippen LogP contribution in [0.3, 0.4) is 0 Å². The minimum Gasteiger partial charge on any atom is -0.267 e. The van der Waals surface area contributed by atoms with Gasteiger partial charge in [-0.05, 0) is 49.4 Å². The first-order valence-electron chi connectivity index (χ1n) is 7.28. The minimum atomic E-state index is -0.423. The van der Waals surface area contributed by atoms with Crippen molar-refractivity contribution in [2.24, 2.45) is 0 Å². The Kier molecular flexibility index (Phi) is 4.57. The van der Waals surface area contributed by atoms with E-state index in [-0.39, 0.29) is 0 Å². The van der Waals surface area contributed by atoms with E-state index < -0.39 is 11.8 Å². The van der Waals surface area contributed by atoms with E-state index in [4.69, 9.17) is 0 Å². The molecule has 3 rings (SSSR count). The van der Waals surface area contributed by atoms with E-state index in [1.54, 1.807) is 47.1 Å². The van der Waals surface area contributed by atoms with Crippen molar-refractivity contribution in [1.29, 1.82) is 0 Å². The van der Waals surface area contributed by atoms with Gasteiger partial charge in [0.25, 0.3) is 11.8 Å². The maximum atomic E-state index is 12.2. The molecule has 122 valence electrons. The van der Waals surface area contributed by atoms with Gasteiger partial charge in [-0.25, -0.2) is 4.68 Å². The number of carbonyl (C=O) groups excluding carboxylic acids is 2. The molecular weight excluding hydrogens is 374 g/mol. The van der Waals surface area contributed by atoms with Crippen molar-refractivity contribution in [3.8, 4) is 0 Å². The SMILES string of the molecule is CCn1nnc2cc(C(=O)NNC(=O)c3ccc(Br)cc3)ccc21. The zero-order valence-electron chi connectivity index (χ0n) is 12.8. The number of rotatable bonds is 3. The van der Waals surface area contributed by atoms with Crippen LogP contribution in [-0.2, 0) is 6.54 Å². The fourth-order valence-electron chi connectivity index (χ4n) is 2.21. The smallest absolute Gasteiger partial charge is 0.267 e. The van der Waals surface area contributed by atoms with Crippen LogP contribution in [0.15, 0.2) is 46.9 Å². The lowest BCUT2D eigenvalue weighted by Crippen LogP contribution is -2.41. The second kappa shape index (κ2) is 6.79. The molecule has 0 saturated heterocycles. The maximum absolute atomic E-state index is 12.2. The molecule has 2 N–H and O–H groups in total. The second-order valence-electron chi connectivity index (χ2n) is 5.02. The number of amides is 2. The van der Waals surface area contributed by atoms with Gasteiger partial charge in [0.2, 0.25) is 0 Å². The van der Waals surface area contributed by atoms with Crippen LogP contribution in [-0.4, -0.2) is 26.8 Å². The molecule has 0 unspecified atom stereocenters. The summed E-state index contributed by atoms with van der Waals surface area (Å²) in [4.78, 5) is 24.1. The Hall–Kier alpha value is -2.74. The van der Waals surface area contributed by atoms with Crippen LogP contribution in [0.5, 0.6) is 0 Å². The van der Waals surface area contributed by atoms with E-state index in [9.17, 15) is 9.59 Å². The predicted octanol–water partition coefficient (Wildman–Crippen LogP) is 2.29. The molecule has 1 heterocycles. The molecule has 2 aromatic carbocycles. The number of nitrogens with one attached hydrogen (secondary N) is 2. The molecule has 0 saturated carbocycles. The lowest BCUT2D eigenvalue weighted by molar-refractivity contribution is 0.0847. The Morgan fingerprint density at radius 2 is 1.67 bits per heavy atom. The normalized spacial score (nSPS) is 10.6. The number of hydrogen-bond donors (Lipinski definition) is 2. The van der Waals surface area contributed by atoms with Gasteiger partial charge in [0.15, 0.2) is 0 Å². The summed E-state index contributed by atoms with van der Waals surface area (Å²) in [6.07, 6.45) is 0. The number of carbonyl (C=O) groups is 2. The molecule has 0 radical (unpaired) electrons. The van der Waals surface area contributed by atoms with Crippen molar-refractivity contribution in [2.45, 2.75) is 13.5 Å². The molecule has 7 nitrogen and oxygen atoms in total. The summed E-state index contributed by atoms with van der Waals surface area (Å²) in [6.45, 7) is 2.66. The first kappa shape index (κ1) is 16.1. The van der Waals surface area contributed by atoms with Crippen molar-refractivity contribution in [3.63, 3.8) is 0 Å². The number of benzene rings is 2. The molecule has 3 aromatic rings. The fourth-order valence-corrected chi connectivity index (χ4v) is 2.47. The van der Waals surface area contributed by atoms with Crippen molar-refractivity contribution >= 4 is 38.8 Å². The zero-order valence-corrected chi connectivity index (χ0v) is 14.4. The van der Waals surface area contributed by atoms with Gasteiger partial charge in [-0.3, -0.25) is 20.4 Å². The van der Waals surface area contributed by atoms with Crippen molar-refractivity contribution < 1.29 is 9.59 Å². The van der Waals surface area contributed by atoms with Crippen LogP contribution in [0.4, 0.5) is 0 Å². The molecule has 0 aliphatic heterocycles. The van der Waals surface area contributed by atoms with E-state index >= 15 is 0 Å². The van der Waals surface area contributed by atoms with E-state index in [0.717, 1.165) is 9.99 Å². The van der Waals surface area contributed by atoms with Gasteiger partial charge >= 0.3 is 0 Å². The Morgan fingerprint density at radius 3 is 2.33 bits per heavy atom. The van der Waals surface area contributed by atoms with Crippen LogP contribution in [0.25, 0.3) is 11.0 Å².